The van der Waals surface area contributed by atoms with Gasteiger partial charge in [0.15, 0.2) is 0 Å². The Hall–Kier alpha value is -1.36. The van der Waals surface area contributed by atoms with Gasteiger partial charge in [-0.1, -0.05) is 36.7 Å². The zero-order valence-corrected chi connectivity index (χ0v) is 10.5. The van der Waals surface area contributed by atoms with Crippen LogP contribution in [0.25, 0.3) is 4.85 Å². The molecule has 0 aliphatic heterocycles. The maximum absolute atomic E-state index is 13.4. The highest BCUT2D eigenvalue weighted by Gasteiger charge is 2.43. The van der Waals surface area contributed by atoms with E-state index in [1.165, 1.54) is 25.3 Å². The van der Waals surface area contributed by atoms with E-state index in [2.05, 4.69) is 17.8 Å². The van der Waals surface area contributed by atoms with Gasteiger partial charge < -0.3 is 0 Å². The average Bonchev–Trinajstić information content (AvgIpc) is 2.32. The molecule has 17 heavy (non-hydrogen) atoms. The first kappa shape index (κ1) is 12.1. The van der Waals surface area contributed by atoms with Gasteiger partial charge in [0.2, 0.25) is 0 Å². The summed E-state index contributed by atoms with van der Waals surface area (Å²) in [7, 11) is 1.75. The highest BCUT2D eigenvalue weighted by Crippen LogP contribution is 2.43. The van der Waals surface area contributed by atoms with Crippen LogP contribution in [0.15, 0.2) is 24.3 Å². The number of benzene rings is 1. The molecule has 1 aliphatic carbocycles. The van der Waals surface area contributed by atoms with E-state index in [4.69, 9.17) is 0 Å². The van der Waals surface area contributed by atoms with E-state index >= 15 is 0 Å². The predicted octanol–water partition coefficient (Wildman–Crippen LogP) is 4.24. The highest BCUT2D eigenvalue weighted by molar-refractivity contribution is 5.36. The predicted molar refractivity (Wildman–Crippen MR) is 68.9 cm³/mol. The number of hydrogen-bond acceptors (Lipinski definition) is 0. The fourth-order valence-electron chi connectivity index (χ4n) is 2.97. The van der Waals surface area contributed by atoms with Gasteiger partial charge >= 0.3 is 0 Å². The average molecular weight is 232 g/mol. The summed E-state index contributed by atoms with van der Waals surface area (Å²) in [5.41, 5.74) is 0.838. The van der Waals surface area contributed by atoms with Crippen molar-refractivity contribution in [3.05, 3.63) is 40.5 Å². The third-order valence-corrected chi connectivity index (χ3v) is 3.95. The summed E-state index contributed by atoms with van der Waals surface area (Å²) in [4.78, 5) is 4.12. The molecular formula is C15H19FN+. The summed E-state index contributed by atoms with van der Waals surface area (Å²) < 4.78 is 13.4. The van der Waals surface area contributed by atoms with E-state index in [0.29, 0.717) is 5.92 Å². The summed E-state index contributed by atoms with van der Waals surface area (Å²) in [6.07, 6.45) is 4.61. The van der Waals surface area contributed by atoms with Crippen LogP contribution in [0.5, 0.6) is 0 Å². The maximum Gasteiger partial charge on any atom is 0.284 e. The van der Waals surface area contributed by atoms with Crippen LogP contribution in [-0.4, -0.2) is 7.05 Å². The zero-order chi connectivity index (χ0) is 12.3. The van der Waals surface area contributed by atoms with Crippen LogP contribution in [0.3, 0.4) is 0 Å². The summed E-state index contributed by atoms with van der Waals surface area (Å²) in [6, 6.07) is 10.2. The molecule has 1 saturated carbocycles. The fourth-order valence-corrected chi connectivity index (χ4v) is 2.97. The third kappa shape index (κ3) is 2.20. The molecule has 2 rings (SSSR count). The van der Waals surface area contributed by atoms with Gasteiger partial charge in [-0.15, -0.1) is 0 Å². The molecule has 0 spiro atoms. The lowest BCUT2D eigenvalue weighted by Crippen LogP contribution is -2.35. The number of hydrogen-bond donors (Lipinski definition) is 0. The smallest absolute Gasteiger partial charge is 0.207 e. The molecule has 90 valence electrons. The third-order valence-electron chi connectivity index (χ3n) is 3.95. The SMILES string of the molecule is C[N+]#C[C@]1(c2cccc(F)c2)CCCCC1C. The summed E-state index contributed by atoms with van der Waals surface area (Å²) in [6.45, 7) is 2.22. The van der Waals surface area contributed by atoms with Gasteiger partial charge in [0.05, 0.1) is 0 Å². The Labute approximate surface area is 102 Å². The lowest BCUT2D eigenvalue weighted by molar-refractivity contribution is 0.262. The maximum atomic E-state index is 13.4. The Bertz CT molecular complexity index is 457. The van der Waals surface area contributed by atoms with Crippen molar-refractivity contribution in [2.75, 3.05) is 7.05 Å². The van der Waals surface area contributed by atoms with E-state index in [1.807, 2.05) is 6.07 Å². The van der Waals surface area contributed by atoms with Gasteiger partial charge in [-0.25, -0.2) is 4.39 Å². The van der Waals surface area contributed by atoms with Crippen molar-refractivity contribution >= 4 is 0 Å². The topological polar surface area (TPSA) is 4.36 Å². The molecule has 1 unspecified atom stereocenters. The molecule has 1 nitrogen and oxygen atoms in total. The van der Waals surface area contributed by atoms with Crippen molar-refractivity contribution in [3.8, 4) is 6.07 Å². The molecule has 1 aliphatic rings. The van der Waals surface area contributed by atoms with Crippen molar-refractivity contribution in [3.63, 3.8) is 0 Å². The molecule has 1 fully saturated rings. The Morgan fingerprint density at radius 1 is 1.41 bits per heavy atom. The minimum atomic E-state index is -0.185. The van der Waals surface area contributed by atoms with E-state index in [-0.39, 0.29) is 11.2 Å². The van der Waals surface area contributed by atoms with Gasteiger partial charge in [0.1, 0.15) is 11.2 Å². The van der Waals surface area contributed by atoms with Gasteiger partial charge in [-0.3, -0.25) is 0 Å². The van der Waals surface area contributed by atoms with Crippen LogP contribution in [0.2, 0.25) is 0 Å². The van der Waals surface area contributed by atoms with Crippen LogP contribution in [0.4, 0.5) is 4.39 Å². The second-order valence-corrected chi connectivity index (χ2v) is 4.96. The van der Waals surface area contributed by atoms with Crippen LogP contribution >= 0.6 is 0 Å². The molecule has 2 heteroatoms. The first-order chi connectivity index (χ1) is 8.19. The molecule has 1 aromatic carbocycles. The molecule has 2 atom stereocenters. The molecule has 0 saturated heterocycles. The Morgan fingerprint density at radius 2 is 2.24 bits per heavy atom. The lowest BCUT2D eigenvalue weighted by atomic mass is 9.64. The van der Waals surface area contributed by atoms with Gasteiger partial charge in [0.25, 0.3) is 13.1 Å². The fraction of sp³-hybridized carbons (Fsp3) is 0.533. The lowest BCUT2D eigenvalue weighted by Gasteiger charge is -2.35. The van der Waals surface area contributed by atoms with Crippen LogP contribution in [0, 0.1) is 17.8 Å². The van der Waals surface area contributed by atoms with Crippen molar-refractivity contribution in [2.24, 2.45) is 5.92 Å². The van der Waals surface area contributed by atoms with E-state index in [0.717, 1.165) is 12.0 Å². The first-order valence-corrected chi connectivity index (χ1v) is 6.31. The Balaban J connectivity index is 2.49. The van der Waals surface area contributed by atoms with E-state index in [9.17, 15) is 4.39 Å². The minimum Gasteiger partial charge on any atom is -0.207 e. The van der Waals surface area contributed by atoms with Crippen LogP contribution in [0.1, 0.15) is 38.2 Å². The molecule has 0 amide bonds. The molecule has 0 aromatic heterocycles. The molecule has 0 bridgehead atoms. The van der Waals surface area contributed by atoms with Crippen LogP contribution in [-0.2, 0) is 5.41 Å². The first-order valence-electron chi connectivity index (χ1n) is 6.31. The van der Waals surface area contributed by atoms with Crippen molar-refractivity contribution < 1.29 is 4.39 Å². The van der Waals surface area contributed by atoms with Crippen molar-refractivity contribution in [1.29, 1.82) is 0 Å². The number of halogens is 1. The van der Waals surface area contributed by atoms with Crippen LogP contribution < -0.4 is 0 Å². The molecule has 1 aromatic rings. The minimum absolute atomic E-state index is 0.169. The second-order valence-electron chi connectivity index (χ2n) is 4.96. The van der Waals surface area contributed by atoms with Gasteiger partial charge in [0, 0.05) is 0 Å². The highest BCUT2D eigenvalue weighted by atomic mass is 19.1. The molecule has 0 heterocycles. The summed E-state index contributed by atoms with van der Waals surface area (Å²) >= 11 is 0. The van der Waals surface area contributed by atoms with E-state index in [1.54, 1.807) is 19.2 Å². The van der Waals surface area contributed by atoms with Gasteiger partial charge in [-0.2, -0.15) is 0 Å². The normalized spacial score (nSPS) is 28.3. The zero-order valence-electron chi connectivity index (χ0n) is 10.5. The molecule has 0 N–H and O–H groups in total. The monoisotopic (exact) mass is 232 g/mol. The Morgan fingerprint density at radius 3 is 2.88 bits per heavy atom. The largest absolute Gasteiger partial charge is 0.284 e. The number of nitrogens with zero attached hydrogens (tertiary/aromatic N) is 1. The second kappa shape index (κ2) is 4.87. The van der Waals surface area contributed by atoms with Gasteiger partial charge in [-0.05, 0) is 36.5 Å². The number of rotatable bonds is 1. The molecule has 0 radical (unpaired) electrons. The quantitative estimate of drug-likeness (QED) is 0.682. The van der Waals surface area contributed by atoms with Crippen molar-refractivity contribution in [2.45, 2.75) is 38.0 Å². The summed E-state index contributed by atoms with van der Waals surface area (Å²) in [5, 5.41) is 0. The standard InChI is InChI=1S/C15H19FN/c1-12-6-3-4-9-15(12,11-17-2)13-7-5-8-14(16)10-13/h5,7-8,10,12H,3-4,6,9H2,1-2H3/q+1/t12?,15-/m1/s1. The summed E-state index contributed by atoms with van der Waals surface area (Å²) in [5.74, 6) is 0.305. The van der Waals surface area contributed by atoms with Crippen molar-refractivity contribution in [1.82, 2.24) is 0 Å². The van der Waals surface area contributed by atoms with E-state index < -0.39 is 0 Å². The molecular weight excluding hydrogens is 213 g/mol. The Kier molecular flexibility index (Phi) is 3.47.